The third-order valence-electron chi connectivity index (χ3n) is 5.18. The molecule has 3 aromatic rings. The van der Waals surface area contributed by atoms with E-state index in [-0.39, 0.29) is 35.8 Å². The fourth-order valence-corrected chi connectivity index (χ4v) is 3.88. The maximum atomic E-state index is 13.1. The predicted molar refractivity (Wildman–Crippen MR) is 112 cm³/mol. The fraction of sp³-hybridized carbons (Fsp3) is 0.115. The van der Waals surface area contributed by atoms with Crippen LogP contribution in [0.2, 0.25) is 0 Å². The molecular formula is C26H20O2. The Bertz CT molecular complexity index is 1340. The zero-order valence-electron chi connectivity index (χ0n) is 20.1. The predicted octanol–water partition coefficient (Wildman–Crippen LogP) is 6.23. The summed E-state index contributed by atoms with van der Waals surface area (Å²) in [6.45, 7) is 0. The molecule has 0 saturated heterocycles. The lowest BCUT2D eigenvalue weighted by atomic mass is 9.80. The van der Waals surface area contributed by atoms with Gasteiger partial charge in [0.05, 0.1) is 18.3 Å². The SMILES string of the molecule is [2H]C1=C2CCC(c3ccccc3)=C(OC(=O)c3ccccc3)C2c2c([2H])c([2H])c([2H])c([2H])c21. The van der Waals surface area contributed by atoms with E-state index in [0.717, 1.165) is 11.1 Å². The smallest absolute Gasteiger partial charge is 0.343 e. The van der Waals surface area contributed by atoms with Crippen molar-refractivity contribution in [3.05, 3.63) is 118 Å². The topological polar surface area (TPSA) is 26.3 Å². The van der Waals surface area contributed by atoms with Gasteiger partial charge < -0.3 is 4.74 Å². The average molecular weight is 369 g/mol. The van der Waals surface area contributed by atoms with Gasteiger partial charge in [-0.1, -0.05) is 84.3 Å². The molecule has 0 saturated carbocycles. The molecule has 0 heterocycles. The van der Waals surface area contributed by atoms with Crippen LogP contribution in [0.1, 0.15) is 52.7 Å². The zero-order chi connectivity index (χ0) is 23.3. The van der Waals surface area contributed by atoms with Gasteiger partial charge in [-0.3, -0.25) is 0 Å². The van der Waals surface area contributed by atoms with Gasteiger partial charge in [-0.15, -0.1) is 0 Å². The number of ether oxygens (including phenoxy) is 1. The van der Waals surface area contributed by atoms with Crippen LogP contribution in [0.25, 0.3) is 11.6 Å². The number of hydrogen-bond donors (Lipinski definition) is 0. The van der Waals surface area contributed by atoms with Crippen LogP contribution in [0.15, 0.2) is 96.2 Å². The molecule has 0 fully saturated rings. The summed E-state index contributed by atoms with van der Waals surface area (Å²) in [7, 11) is 0. The molecule has 28 heavy (non-hydrogen) atoms. The van der Waals surface area contributed by atoms with Crippen LogP contribution in [-0.4, -0.2) is 5.97 Å². The Balaban J connectivity index is 1.74. The molecule has 2 aliphatic carbocycles. The van der Waals surface area contributed by atoms with Crippen LogP contribution in [0.4, 0.5) is 0 Å². The van der Waals surface area contributed by atoms with Crippen molar-refractivity contribution < 1.29 is 16.4 Å². The number of rotatable bonds is 3. The molecule has 2 nitrogen and oxygen atoms in total. The normalized spacial score (nSPS) is 20.4. The molecule has 0 aliphatic heterocycles. The van der Waals surface area contributed by atoms with E-state index >= 15 is 0 Å². The van der Waals surface area contributed by atoms with E-state index in [1.807, 2.05) is 36.4 Å². The van der Waals surface area contributed by atoms with Gasteiger partial charge in [-0.05, 0) is 47.2 Å². The second-order valence-electron chi connectivity index (χ2n) is 6.84. The Kier molecular flexibility index (Phi) is 3.02. The van der Waals surface area contributed by atoms with Gasteiger partial charge in [-0.2, -0.15) is 0 Å². The van der Waals surface area contributed by atoms with Gasteiger partial charge in [0.1, 0.15) is 5.76 Å². The van der Waals surface area contributed by atoms with E-state index < -0.39 is 11.9 Å². The minimum absolute atomic E-state index is 0.0994. The van der Waals surface area contributed by atoms with Gasteiger partial charge in [0.15, 0.2) is 0 Å². The van der Waals surface area contributed by atoms with Gasteiger partial charge >= 0.3 is 5.97 Å². The molecule has 0 N–H and O–H groups in total. The van der Waals surface area contributed by atoms with Crippen LogP contribution in [-0.2, 0) is 4.74 Å². The van der Waals surface area contributed by atoms with Crippen molar-refractivity contribution in [2.24, 2.45) is 0 Å². The average Bonchev–Trinajstić information content (AvgIpc) is 3.15. The highest BCUT2D eigenvalue weighted by atomic mass is 16.5. The lowest BCUT2D eigenvalue weighted by Gasteiger charge is -2.28. The van der Waals surface area contributed by atoms with E-state index in [4.69, 9.17) is 11.6 Å². The summed E-state index contributed by atoms with van der Waals surface area (Å²) in [6, 6.07) is 17.1. The molecule has 0 radical (unpaired) electrons. The molecule has 2 heteroatoms. The van der Waals surface area contributed by atoms with Crippen molar-refractivity contribution in [1.29, 1.82) is 0 Å². The largest absolute Gasteiger partial charge is 0.426 e. The molecule has 5 rings (SSSR count). The summed E-state index contributed by atoms with van der Waals surface area (Å²) in [4.78, 5) is 13.1. The van der Waals surface area contributed by atoms with Crippen LogP contribution >= 0.6 is 0 Å². The summed E-state index contributed by atoms with van der Waals surface area (Å²) >= 11 is 0. The van der Waals surface area contributed by atoms with Crippen LogP contribution in [0.3, 0.4) is 0 Å². The summed E-state index contributed by atoms with van der Waals surface area (Å²) in [5, 5.41) is 0. The maximum absolute atomic E-state index is 13.1. The summed E-state index contributed by atoms with van der Waals surface area (Å²) in [6.07, 6.45) is 1.04. The van der Waals surface area contributed by atoms with Crippen LogP contribution in [0, 0.1) is 0 Å². The molecule has 3 aromatic carbocycles. The van der Waals surface area contributed by atoms with E-state index in [1.165, 1.54) is 0 Å². The van der Waals surface area contributed by atoms with Crippen molar-refractivity contribution in [1.82, 2.24) is 0 Å². The first kappa shape index (κ1) is 12.1. The van der Waals surface area contributed by atoms with Gasteiger partial charge in [0.2, 0.25) is 0 Å². The Hall–Kier alpha value is -3.39. The molecule has 136 valence electrons. The molecule has 0 spiro atoms. The lowest BCUT2D eigenvalue weighted by Crippen LogP contribution is -2.17. The maximum Gasteiger partial charge on any atom is 0.343 e. The van der Waals surface area contributed by atoms with E-state index in [2.05, 4.69) is 0 Å². The highest BCUT2D eigenvalue weighted by molar-refractivity contribution is 5.91. The van der Waals surface area contributed by atoms with E-state index in [0.29, 0.717) is 35.3 Å². The quantitative estimate of drug-likeness (QED) is 0.512. The molecule has 0 aromatic heterocycles. The highest BCUT2D eigenvalue weighted by Crippen LogP contribution is 2.50. The standard InChI is InChI=1S/C26H20O2/c27-26(19-11-5-2-6-12-19)28-25-23(18-9-3-1-4-10-18)16-15-21-17-20-13-7-8-14-22(20)24(21)25/h1-14,17,24H,15-16H2/i7D,8D,13D,14D,17D. The van der Waals surface area contributed by atoms with Gasteiger partial charge in [-0.25, -0.2) is 4.79 Å². The molecule has 1 unspecified atom stereocenters. The van der Waals surface area contributed by atoms with Crippen molar-refractivity contribution in [3.63, 3.8) is 0 Å². The summed E-state index contributed by atoms with van der Waals surface area (Å²) in [5.41, 5.74) is 3.24. The Morgan fingerprint density at radius 3 is 2.43 bits per heavy atom. The fourth-order valence-electron chi connectivity index (χ4n) is 3.88. The van der Waals surface area contributed by atoms with Crippen molar-refractivity contribution in [2.75, 3.05) is 0 Å². The van der Waals surface area contributed by atoms with Gasteiger partial charge in [0.25, 0.3) is 0 Å². The Morgan fingerprint density at radius 2 is 1.64 bits per heavy atom. The third kappa shape index (κ3) is 2.87. The molecule has 1 atom stereocenters. The zero-order valence-corrected chi connectivity index (χ0v) is 15.1. The lowest BCUT2D eigenvalue weighted by molar-refractivity contribution is 0.0609. The van der Waals surface area contributed by atoms with Crippen LogP contribution < -0.4 is 0 Å². The first-order valence-corrected chi connectivity index (χ1v) is 9.26. The number of esters is 1. The monoisotopic (exact) mass is 369 g/mol. The van der Waals surface area contributed by atoms with Crippen LogP contribution in [0.5, 0.6) is 0 Å². The number of allylic oxidation sites excluding steroid dienone is 2. The number of hydrogen-bond acceptors (Lipinski definition) is 2. The summed E-state index contributed by atoms with van der Waals surface area (Å²) in [5.74, 6) is -0.906. The van der Waals surface area contributed by atoms with Crippen molar-refractivity contribution in [2.45, 2.75) is 18.8 Å². The first-order chi connectivity index (χ1) is 15.9. The third-order valence-corrected chi connectivity index (χ3v) is 5.18. The van der Waals surface area contributed by atoms with Crippen molar-refractivity contribution >= 4 is 17.6 Å². The second-order valence-corrected chi connectivity index (χ2v) is 6.84. The Morgan fingerprint density at radius 1 is 0.929 bits per heavy atom. The molecule has 0 bridgehead atoms. The minimum Gasteiger partial charge on any atom is -0.426 e. The van der Waals surface area contributed by atoms with Gasteiger partial charge in [0, 0.05) is 0 Å². The Labute approximate surface area is 171 Å². The summed E-state index contributed by atoms with van der Waals surface area (Å²) < 4.78 is 47.9. The number of benzene rings is 3. The minimum atomic E-state index is -0.703. The van der Waals surface area contributed by atoms with E-state index in [9.17, 15) is 4.79 Å². The number of fused-ring (bicyclic) bond motifs is 3. The molecular weight excluding hydrogens is 344 g/mol. The first-order valence-electron chi connectivity index (χ1n) is 11.8. The number of carbonyl (C=O) groups is 1. The molecule has 2 aliphatic rings. The van der Waals surface area contributed by atoms with Crippen molar-refractivity contribution in [3.8, 4) is 0 Å². The van der Waals surface area contributed by atoms with E-state index in [1.54, 1.807) is 24.3 Å². The highest BCUT2D eigenvalue weighted by Gasteiger charge is 2.36. The second kappa shape index (κ2) is 6.97. The molecule has 0 amide bonds. The number of carbonyl (C=O) groups excluding carboxylic acids is 1.